The number of rotatable bonds is 4. The van der Waals surface area contributed by atoms with E-state index < -0.39 is 23.8 Å². The lowest BCUT2D eigenvalue weighted by Crippen LogP contribution is -2.19. The van der Waals surface area contributed by atoms with E-state index in [-0.39, 0.29) is 5.56 Å². The van der Waals surface area contributed by atoms with Gasteiger partial charge >= 0.3 is 6.36 Å². The first-order chi connectivity index (χ1) is 10.8. The van der Waals surface area contributed by atoms with Gasteiger partial charge in [0.05, 0.1) is 6.21 Å². The zero-order valence-corrected chi connectivity index (χ0v) is 11.5. The SMILES string of the molecule is O=C(NN=Cc1ccc(F)cc1)c1ccc(OC(F)(F)F)cc1. The van der Waals surface area contributed by atoms with Crippen LogP contribution in [0.3, 0.4) is 0 Å². The maximum atomic E-state index is 12.7. The second-order valence-corrected chi connectivity index (χ2v) is 4.32. The van der Waals surface area contributed by atoms with Gasteiger partial charge in [-0.1, -0.05) is 12.1 Å². The van der Waals surface area contributed by atoms with E-state index in [1.165, 1.54) is 42.6 Å². The van der Waals surface area contributed by atoms with Gasteiger partial charge in [0.2, 0.25) is 0 Å². The molecule has 0 unspecified atom stereocenters. The van der Waals surface area contributed by atoms with Crippen LogP contribution in [0.15, 0.2) is 53.6 Å². The first kappa shape index (κ1) is 16.5. The molecule has 0 saturated heterocycles. The van der Waals surface area contributed by atoms with Gasteiger partial charge in [-0.05, 0) is 42.0 Å². The summed E-state index contributed by atoms with van der Waals surface area (Å²) in [4.78, 5) is 11.7. The fraction of sp³-hybridized carbons (Fsp3) is 0.0667. The molecule has 0 saturated carbocycles. The summed E-state index contributed by atoms with van der Waals surface area (Å²) in [5.74, 6) is -1.43. The fourth-order valence-electron chi connectivity index (χ4n) is 1.59. The number of hydrogen-bond acceptors (Lipinski definition) is 3. The van der Waals surface area contributed by atoms with Crippen molar-refractivity contribution in [2.24, 2.45) is 5.10 Å². The molecule has 23 heavy (non-hydrogen) atoms. The van der Waals surface area contributed by atoms with Crippen LogP contribution in [-0.4, -0.2) is 18.5 Å². The summed E-state index contributed by atoms with van der Waals surface area (Å²) in [5.41, 5.74) is 2.88. The molecule has 0 fully saturated rings. The van der Waals surface area contributed by atoms with Crippen LogP contribution in [0.2, 0.25) is 0 Å². The van der Waals surface area contributed by atoms with Crippen LogP contribution in [0.25, 0.3) is 0 Å². The molecule has 0 atom stereocenters. The minimum Gasteiger partial charge on any atom is -0.406 e. The molecule has 2 aromatic rings. The molecule has 1 amide bonds. The summed E-state index contributed by atoms with van der Waals surface area (Å²) in [6.07, 6.45) is -3.48. The Morgan fingerprint density at radius 1 is 1.04 bits per heavy atom. The predicted octanol–water partition coefficient (Wildman–Crippen LogP) is 3.49. The highest BCUT2D eigenvalue weighted by molar-refractivity contribution is 5.94. The van der Waals surface area contributed by atoms with Crippen molar-refractivity contribution in [1.82, 2.24) is 5.43 Å². The lowest BCUT2D eigenvalue weighted by molar-refractivity contribution is -0.274. The summed E-state index contributed by atoms with van der Waals surface area (Å²) in [6.45, 7) is 0. The maximum Gasteiger partial charge on any atom is 0.573 e. The fourth-order valence-corrected chi connectivity index (χ4v) is 1.59. The van der Waals surface area contributed by atoms with Crippen molar-refractivity contribution >= 4 is 12.1 Å². The van der Waals surface area contributed by atoms with Crippen LogP contribution in [0.1, 0.15) is 15.9 Å². The third-order valence-corrected chi connectivity index (χ3v) is 2.60. The summed E-state index contributed by atoms with van der Waals surface area (Å²) < 4.78 is 52.4. The Balaban J connectivity index is 1.94. The van der Waals surface area contributed by atoms with E-state index in [4.69, 9.17) is 0 Å². The highest BCUT2D eigenvalue weighted by Gasteiger charge is 2.31. The van der Waals surface area contributed by atoms with E-state index in [1.807, 2.05) is 0 Å². The van der Waals surface area contributed by atoms with Crippen molar-refractivity contribution < 1.29 is 27.1 Å². The van der Waals surface area contributed by atoms with Crippen LogP contribution in [-0.2, 0) is 0 Å². The Morgan fingerprint density at radius 2 is 1.65 bits per heavy atom. The molecule has 4 nitrogen and oxygen atoms in total. The summed E-state index contributed by atoms with van der Waals surface area (Å²) in [7, 11) is 0. The Morgan fingerprint density at radius 3 is 2.22 bits per heavy atom. The largest absolute Gasteiger partial charge is 0.573 e. The molecule has 0 aliphatic heterocycles. The Hall–Kier alpha value is -2.90. The zero-order valence-electron chi connectivity index (χ0n) is 11.5. The van der Waals surface area contributed by atoms with E-state index in [2.05, 4.69) is 15.3 Å². The molecule has 0 spiro atoms. The van der Waals surface area contributed by atoms with Gasteiger partial charge in [0.15, 0.2) is 0 Å². The molecule has 0 aliphatic carbocycles. The standard InChI is InChI=1S/C15H10F4N2O2/c16-12-5-1-10(2-6-12)9-20-21-14(22)11-3-7-13(8-4-11)23-15(17,18)19/h1-9H,(H,21,22). The molecule has 2 rings (SSSR count). The number of benzene rings is 2. The predicted molar refractivity (Wildman–Crippen MR) is 74.6 cm³/mol. The van der Waals surface area contributed by atoms with Crippen LogP contribution >= 0.6 is 0 Å². The van der Waals surface area contributed by atoms with E-state index in [0.29, 0.717) is 5.56 Å². The normalized spacial score (nSPS) is 11.5. The lowest BCUT2D eigenvalue weighted by atomic mass is 10.2. The number of hydrogen-bond donors (Lipinski definition) is 1. The topological polar surface area (TPSA) is 50.7 Å². The number of amides is 1. The third kappa shape index (κ3) is 5.42. The third-order valence-electron chi connectivity index (χ3n) is 2.60. The van der Waals surface area contributed by atoms with Gasteiger partial charge in [-0.15, -0.1) is 13.2 Å². The van der Waals surface area contributed by atoms with Crippen LogP contribution in [0, 0.1) is 5.82 Å². The average molecular weight is 326 g/mol. The van der Waals surface area contributed by atoms with Crippen LogP contribution in [0.5, 0.6) is 5.75 Å². The van der Waals surface area contributed by atoms with Gasteiger partial charge < -0.3 is 4.74 Å². The molecule has 2 aromatic carbocycles. The van der Waals surface area contributed by atoms with Crippen molar-refractivity contribution in [2.45, 2.75) is 6.36 Å². The van der Waals surface area contributed by atoms with Crippen molar-refractivity contribution in [2.75, 3.05) is 0 Å². The molecule has 8 heteroatoms. The highest BCUT2D eigenvalue weighted by atomic mass is 19.4. The Labute approximate surface area is 128 Å². The van der Waals surface area contributed by atoms with Gasteiger partial charge in [-0.2, -0.15) is 5.10 Å². The number of ether oxygens (including phenoxy) is 1. The second-order valence-electron chi connectivity index (χ2n) is 4.32. The molecule has 0 bridgehead atoms. The quantitative estimate of drug-likeness (QED) is 0.531. The van der Waals surface area contributed by atoms with Crippen molar-refractivity contribution in [3.8, 4) is 5.75 Å². The number of nitrogens with one attached hydrogen (secondary N) is 1. The summed E-state index contributed by atoms with van der Waals surface area (Å²) in [5, 5.41) is 3.67. The van der Waals surface area contributed by atoms with E-state index >= 15 is 0 Å². The average Bonchev–Trinajstić information content (AvgIpc) is 2.48. The van der Waals surface area contributed by atoms with Crippen LogP contribution in [0.4, 0.5) is 17.6 Å². The highest BCUT2D eigenvalue weighted by Crippen LogP contribution is 2.22. The Kier molecular flexibility index (Phi) is 4.95. The first-order valence-electron chi connectivity index (χ1n) is 6.28. The van der Waals surface area contributed by atoms with Gasteiger partial charge in [0.1, 0.15) is 11.6 Å². The first-order valence-corrected chi connectivity index (χ1v) is 6.28. The molecule has 0 heterocycles. The van der Waals surface area contributed by atoms with E-state index in [0.717, 1.165) is 12.1 Å². The molecular formula is C15H10F4N2O2. The smallest absolute Gasteiger partial charge is 0.406 e. The molecule has 0 radical (unpaired) electrons. The number of carbonyl (C=O) groups excluding carboxylic acids is 1. The van der Waals surface area contributed by atoms with Crippen molar-refractivity contribution in [1.29, 1.82) is 0 Å². The van der Waals surface area contributed by atoms with Crippen molar-refractivity contribution in [3.63, 3.8) is 0 Å². The van der Waals surface area contributed by atoms with Gasteiger partial charge in [0.25, 0.3) is 5.91 Å². The maximum absolute atomic E-state index is 12.7. The lowest BCUT2D eigenvalue weighted by Gasteiger charge is -2.08. The zero-order chi connectivity index (χ0) is 16.9. The van der Waals surface area contributed by atoms with E-state index in [9.17, 15) is 22.4 Å². The second kappa shape index (κ2) is 6.91. The molecule has 0 aliphatic rings. The Bertz CT molecular complexity index is 695. The van der Waals surface area contributed by atoms with E-state index in [1.54, 1.807) is 0 Å². The van der Waals surface area contributed by atoms with Gasteiger partial charge in [-0.25, -0.2) is 9.82 Å². The summed E-state index contributed by atoms with van der Waals surface area (Å²) in [6, 6.07) is 9.79. The molecule has 0 aromatic heterocycles. The molecule has 120 valence electrons. The molecule has 1 N–H and O–H groups in total. The minimum absolute atomic E-state index is 0.107. The molecular weight excluding hydrogens is 316 g/mol. The number of carbonyl (C=O) groups is 1. The number of nitrogens with zero attached hydrogens (tertiary/aromatic N) is 1. The minimum atomic E-state index is -4.79. The van der Waals surface area contributed by atoms with Gasteiger partial charge in [0, 0.05) is 5.56 Å². The number of halogens is 4. The number of hydrazone groups is 1. The number of alkyl halides is 3. The van der Waals surface area contributed by atoms with Gasteiger partial charge in [-0.3, -0.25) is 4.79 Å². The monoisotopic (exact) mass is 326 g/mol. The van der Waals surface area contributed by atoms with Crippen molar-refractivity contribution in [3.05, 3.63) is 65.5 Å². The summed E-state index contributed by atoms with van der Waals surface area (Å²) >= 11 is 0. The van der Waals surface area contributed by atoms with Crippen LogP contribution < -0.4 is 10.2 Å².